The van der Waals surface area contributed by atoms with Gasteiger partial charge in [0.05, 0.1) is 17.6 Å². The Bertz CT molecular complexity index is 950. The van der Waals surface area contributed by atoms with Crippen molar-refractivity contribution in [2.24, 2.45) is 0 Å². The number of carbonyl (C=O) groups is 1. The minimum Gasteiger partial charge on any atom is -0.465 e. The largest absolute Gasteiger partial charge is 0.465 e. The first kappa shape index (κ1) is 20.2. The fourth-order valence-electron chi connectivity index (χ4n) is 3.15. The number of aryl methyl sites for hydroxylation is 1. The Balaban J connectivity index is 1.78. The van der Waals surface area contributed by atoms with E-state index < -0.39 is 16.0 Å². The van der Waals surface area contributed by atoms with E-state index in [9.17, 15) is 13.2 Å². The van der Waals surface area contributed by atoms with Crippen molar-refractivity contribution in [1.29, 1.82) is 0 Å². The molecule has 0 aliphatic carbocycles. The number of anilines is 2. The number of rotatable bonds is 5. The molecule has 0 spiro atoms. The first-order valence-corrected chi connectivity index (χ1v) is 10.5. The molecule has 8 heteroatoms. The van der Waals surface area contributed by atoms with Gasteiger partial charge in [0, 0.05) is 37.6 Å². The summed E-state index contributed by atoms with van der Waals surface area (Å²) in [5.41, 5.74) is 2.29. The van der Waals surface area contributed by atoms with E-state index in [0.29, 0.717) is 11.3 Å². The van der Waals surface area contributed by atoms with Crippen molar-refractivity contribution in [2.45, 2.75) is 11.8 Å². The molecular formula is C20H25N3O4S. The van der Waals surface area contributed by atoms with Crippen LogP contribution in [0, 0.1) is 6.92 Å². The lowest BCUT2D eigenvalue weighted by Gasteiger charge is -2.34. The van der Waals surface area contributed by atoms with Gasteiger partial charge >= 0.3 is 5.97 Å². The van der Waals surface area contributed by atoms with Gasteiger partial charge in [0.2, 0.25) is 0 Å². The molecule has 3 rings (SSSR count). The van der Waals surface area contributed by atoms with E-state index >= 15 is 0 Å². The Labute approximate surface area is 166 Å². The zero-order valence-corrected chi connectivity index (χ0v) is 17.1. The molecule has 28 heavy (non-hydrogen) atoms. The van der Waals surface area contributed by atoms with Crippen LogP contribution in [0.3, 0.4) is 0 Å². The zero-order chi connectivity index (χ0) is 20.3. The standard InChI is InChI=1S/C20H25N3O4S/c1-15-4-5-16(20(24)27-3)14-19(15)28(25,26)21-17-6-8-18(9-7-17)23-12-10-22(2)11-13-23/h4-9,14,21H,10-13H2,1-3H3. The Morgan fingerprint density at radius 1 is 1.04 bits per heavy atom. The molecule has 0 aromatic heterocycles. The number of carbonyl (C=O) groups excluding carboxylic acids is 1. The molecule has 0 unspecified atom stereocenters. The SMILES string of the molecule is COC(=O)c1ccc(C)c(S(=O)(=O)Nc2ccc(N3CCN(C)CC3)cc2)c1. The summed E-state index contributed by atoms with van der Waals surface area (Å²) in [6, 6.07) is 11.8. The number of nitrogens with one attached hydrogen (secondary N) is 1. The highest BCUT2D eigenvalue weighted by atomic mass is 32.2. The van der Waals surface area contributed by atoms with Crippen molar-refractivity contribution < 1.29 is 17.9 Å². The van der Waals surface area contributed by atoms with Crippen LogP contribution >= 0.6 is 0 Å². The molecule has 0 radical (unpaired) electrons. The second-order valence-electron chi connectivity index (χ2n) is 6.91. The van der Waals surface area contributed by atoms with E-state index in [0.717, 1.165) is 31.9 Å². The predicted molar refractivity (Wildman–Crippen MR) is 109 cm³/mol. The van der Waals surface area contributed by atoms with Crippen LogP contribution in [0.1, 0.15) is 15.9 Å². The van der Waals surface area contributed by atoms with Crippen LogP contribution in [0.4, 0.5) is 11.4 Å². The van der Waals surface area contributed by atoms with Gasteiger partial charge in [-0.1, -0.05) is 6.07 Å². The lowest BCUT2D eigenvalue weighted by atomic mass is 10.1. The van der Waals surface area contributed by atoms with Gasteiger partial charge in [0.15, 0.2) is 0 Å². The molecule has 2 aromatic rings. The fourth-order valence-corrected chi connectivity index (χ4v) is 4.48. The van der Waals surface area contributed by atoms with Gasteiger partial charge in [0.25, 0.3) is 10.0 Å². The fraction of sp³-hybridized carbons (Fsp3) is 0.350. The maximum Gasteiger partial charge on any atom is 0.337 e. The third kappa shape index (κ3) is 4.45. The Kier molecular flexibility index (Phi) is 5.90. The van der Waals surface area contributed by atoms with Gasteiger partial charge < -0.3 is 14.5 Å². The van der Waals surface area contributed by atoms with Gasteiger partial charge in [-0.3, -0.25) is 4.72 Å². The number of benzene rings is 2. The molecule has 2 aromatic carbocycles. The van der Waals surface area contributed by atoms with Crippen molar-refractivity contribution in [3.05, 3.63) is 53.6 Å². The third-order valence-corrected chi connectivity index (χ3v) is 6.41. The van der Waals surface area contributed by atoms with Crippen LogP contribution in [0.5, 0.6) is 0 Å². The highest BCUT2D eigenvalue weighted by molar-refractivity contribution is 7.92. The number of methoxy groups -OCH3 is 1. The smallest absolute Gasteiger partial charge is 0.337 e. The summed E-state index contributed by atoms with van der Waals surface area (Å²) < 4.78 is 32.9. The van der Waals surface area contributed by atoms with E-state index in [-0.39, 0.29) is 10.5 Å². The Morgan fingerprint density at radius 2 is 1.68 bits per heavy atom. The van der Waals surface area contributed by atoms with Gasteiger partial charge in [-0.25, -0.2) is 13.2 Å². The van der Waals surface area contributed by atoms with Crippen LogP contribution in [-0.4, -0.2) is 59.6 Å². The average molecular weight is 404 g/mol. The summed E-state index contributed by atoms with van der Waals surface area (Å²) in [5.74, 6) is -0.576. The normalized spacial score (nSPS) is 15.3. The van der Waals surface area contributed by atoms with Crippen LogP contribution in [0.25, 0.3) is 0 Å². The second kappa shape index (κ2) is 8.20. The number of esters is 1. The van der Waals surface area contributed by atoms with E-state index in [1.54, 1.807) is 31.2 Å². The predicted octanol–water partition coefficient (Wildman–Crippen LogP) is 2.33. The molecular weight excluding hydrogens is 378 g/mol. The topological polar surface area (TPSA) is 78.9 Å². The first-order chi connectivity index (χ1) is 13.3. The lowest BCUT2D eigenvalue weighted by Crippen LogP contribution is -2.44. The summed E-state index contributed by atoms with van der Waals surface area (Å²) in [7, 11) is -0.467. The Hall–Kier alpha value is -2.58. The first-order valence-electron chi connectivity index (χ1n) is 9.05. The molecule has 0 amide bonds. The molecule has 0 saturated carbocycles. The molecule has 1 N–H and O–H groups in total. The number of ether oxygens (including phenoxy) is 1. The van der Waals surface area contributed by atoms with E-state index in [1.165, 1.54) is 13.2 Å². The molecule has 1 heterocycles. The highest BCUT2D eigenvalue weighted by Crippen LogP contribution is 2.24. The average Bonchev–Trinajstić information content (AvgIpc) is 2.68. The van der Waals surface area contributed by atoms with Crippen molar-refractivity contribution in [1.82, 2.24) is 4.90 Å². The monoisotopic (exact) mass is 403 g/mol. The number of hydrogen-bond acceptors (Lipinski definition) is 6. The number of likely N-dealkylation sites (N-methyl/N-ethyl adjacent to an activating group) is 1. The van der Waals surface area contributed by atoms with Crippen LogP contribution in [0.15, 0.2) is 47.4 Å². The molecule has 7 nitrogen and oxygen atoms in total. The number of nitrogens with zero attached hydrogens (tertiary/aromatic N) is 2. The molecule has 1 aliphatic rings. The van der Waals surface area contributed by atoms with Gasteiger partial charge in [-0.2, -0.15) is 0 Å². The molecule has 0 atom stereocenters. The molecule has 1 saturated heterocycles. The summed E-state index contributed by atoms with van der Waals surface area (Å²) >= 11 is 0. The summed E-state index contributed by atoms with van der Waals surface area (Å²) in [6.45, 7) is 5.59. The van der Waals surface area contributed by atoms with Gasteiger partial charge in [-0.15, -0.1) is 0 Å². The quantitative estimate of drug-likeness (QED) is 0.772. The Morgan fingerprint density at radius 3 is 2.29 bits per heavy atom. The third-order valence-electron chi connectivity index (χ3n) is 4.89. The van der Waals surface area contributed by atoms with Crippen molar-refractivity contribution in [2.75, 3.05) is 50.0 Å². The van der Waals surface area contributed by atoms with Crippen LogP contribution in [0.2, 0.25) is 0 Å². The van der Waals surface area contributed by atoms with E-state index in [4.69, 9.17) is 0 Å². The lowest BCUT2D eigenvalue weighted by molar-refractivity contribution is 0.0600. The van der Waals surface area contributed by atoms with E-state index in [1.807, 2.05) is 12.1 Å². The van der Waals surface area contributed by atoms with Crippen molar-refractivity contribution in [3.8, 4) is 0 Å². The highest BCUT2D eigenvalue weighted by Gasteiger charge is 2.20. The maximum absolute atomic E-state index is 12.8. The molecule has 1 aliphatic heterocycles. The van der Waals surface area contributed by atoms with Crippen molar-refractivity contribution in [3.63, 3.8) is 0 Å². The number of sulfonamides is 1. The second-order valence-corrected chi connectivity index (χ2v) is 8.57. The van der Waals surface area contributed by atoms with Gasteiger partial charge in [-0.05, 0) is 55.9 Å². The van der Waals surface area contributed by atoms with Crippen LogP contribution < -0.4 is 9.62 Å². The molecule has 1 fully saturated rings. The van der Waals surface area contributed by atoms with E-state index in [2.05, 4.69) is 26.3 Å². The summed E-state index contributed by atoms with van der Waals surface area (Å²) in [6.07, 6.45) is 0. The number of piperazine rings is 1. The van der Waals surface area contributed by atoms with Crippen LogP contribution in [-0.2, 0) is 14.8 Å². The maximum atomic E-state index is 12.8. The minimum atomic E-state index is -3.83. The number of hydrogen-bond donors (Lipinski definition) is 1. The minimum absolute atomic E-state index is 0.0542. The summed E-state index contributed by atoms with van der Waals surface area (Å²) in [5, 5.41) is 0. The van der Waals surface area contributed by atoms with Crippen molar-refractivity contribution >= 4 is 27.4 Å². The molecule has 150 valence electrons. The zero-order valence-electron chi connectivity index (χ0n) is 16.3. The molecule has 0 bridgehead atoms. The summed E-state index contributed by atoms with van der Waals surface area (Å²) in [4.78, 5) is 16.3. The van der Waals surface area contributed by atoms with Gasteiger partial charge in [0.1, 0.15) is 0 Å².